The molecule has 0 aromatic heterocycles. The fourth-order valence-corrected chi connectivity index (χ4v) is 3.42. The van der Waals surface area contributed by atoms with Gasteiger partial charge in [-0.3, -0.25) is 9.59 Å². The maximum absolute atomic E-state index is 12.3. The highest BCUT2D eigenvalue weighted by Gasteiger charge is 2.28. The third kappa shape index (κ3) is 5.88. The first-order valence-corrected chi connectivity index (χ1v) is 9.19. The molecule has 7 heteroatoms. The summed E-state index contributed by atoms with van der Waals surface area (Å²) in [6, 6.07) is 9.79. The number of carbonyl (C=O) groups excluding carboxylic acids is 2. The summed E-state index contributed by atoms with van der Waals surface area (Å²) in [6.07, 6.45) is 2.87. The SMILES string of the molecule is Cl.O=C(NC1CCNC1)C1CCN(C(=O)CCOc2ccccc2)CC1. The van der Waals surface area contributed by atoms with E-state index >= 15 is 0 Å². The zero-order chi connectivity index (χ0) is 17.5. The van der Waals surface area contributed by atoms with Gasteiger partial charge in [-0.1, -0.05) is 18.2 Å². The van der Waals surface area contributed by atoms with Crippen LogP contribution in [0.15, 0.2) is 30.3 Å². The Morgan fingerprint density at radius 1 is 1.15 bits per heavy atom. The molecule has 1 atom stereocenters. The summed E-state index contributed by atoms with van der Waals surface area (Å²) in [5.41, 5.74) is 0. The van der Waals surface area contributed by atoms with Gasteiger partial charge in [0, 0.05) is 31.6 Å². The van der Waals surface area contributed by atoms with Crippen molar-refractivity contribution in [2.75, 3.05) is 32.8 Å². The Hall–Kier alpha value is -1.79. The van der Waals surface area contributed by atoms with E-state index in [0.29, 0.717) is 26.1 Å². The number of amides is 2. The van der Waals surface area contributed by atoms with Gasteiger partial charge < -0.3 is 20.3 Å². The Morgan fingerprint density at radius 3 is 2.54 bits per heavy atom. The fourth-order valence-electron chi connectivity index (χ4n) is 3.42. The Bertz CT molecular complexity index is 571. The molecule has 0 saturated carbocycles. The summed E-state index contributed by atoms with van der Waals surface area (Å²) >= 11 is 0. The van der Waals surface area contributed by atoms with Gasteiger partial charge in [0.05, 0.1) is 13.0 Å². The Morgan fingerprint density at radius 2 is 1.88 bits per heavy atom. The van der Waals surface area contributed by atoms with Crippen molar-refractivity contribution in [2.24, 2.45) is 5.92 Å². The Kier molecular flexibility index (Phi) is 8.19. The minimum atomic E-state index is 0. The number of benzene rings is 1. The largest absolute Gasteiger partial charge is 0.493 e. The zero-order valence-corrected chi connectivity index (χ0v) is 15.8. The quantitative estimate of drug-likeness (QED) is 0.785. The van der Waals surface area contributed by atoms with Gasteiger partial charge >= 0.3 is 0 Å². The van der Waals surface area contributed by atoms with Crippen LogP contribution in [-0.2, 0) is 9.59 Å². The van der Waals surface area contributed by atoms with Crippen molar-refractivity contribution in [3.8, 4) is 5.75 Å². The predicted octanol–water partition coefficient (Wildman–Crippen LogP) is 1.59. The van der Waals surface area contributed by atoms with E-state index < -0.39 is 0 Å². The number of nitrogens with zero attached hydrogens (tertiary/aromatic N) is 1. The normalized spacial score (nSPS) is 20.3. The van der Waals surface area contributed by atoms with E-state index in [9.17, 15) is 9.59 Å². The predicted molar refractivity (Wildman–Crippen MR) is 103 cm³/mol. The minimum Gasteiger partial charge on any atom is -0.493 e. The van der Waals surface area contributed by atoms with Crippen LogP contribution in [0.5, 0.6) is 5.75 Å². The van der Waals surface area contributed by atoms with E-state index in [1.54, 1.807) is 0 Å². The number of para-hydroxylation sites is 1. The van der Waals surface area contributed by atoms with Gasteiger partial charge in [0.2, 0.25) is 11.8 Å². The number of likely N-dealkylation sites (tertiary alicyclic amines) is 1. The van der Waals surface area contributed by atoms with Gasteiger partial charge in [0.25, 0.3) is 0 Å². The van der Waals surface area contributed by atoms with E-state index in [1.165, 1.54) is 0 Å². The number of halogens is 1. The van der Waals surface area contributed by atoms with Crippen molar-refractivity contribution in [1.29, 1.82) is 0 Å². The molecule has 26 heavy (non-hydrogen) atoms. The molecule has 0 radical (unpaired) electrons. The molecular weight excluding hydrogens is 354 g/mol. The third-order valence-electron chi connectivity index (χ3n) is 4.95. The standard InChI is InChI=1S/C19H27N3O3.ClH/c23-18(9-13-25-17-4-2-1-3-5-17)22-11-7-15(8-12-22)19(24)21-16-6-10-20-14-16;/h1-5,15-16,20H,6-14H2,(H,21,24);1H. The van der Waals surface area contributed by atoms with Crippen molar-refractivity contribution in [3.63, 3.8) is 0 Å². The van der Waals surface area contributed by atoms with Gasteiger partial charge in [-0.2, -0.15) is 0 Å². The molecule has 2 N–H and O–H groups in total. The lowest BCUT2D eigenvalue weighted by Crippen LogP contribution is -2.46. The summed E-state index contributed by atoms with van der Waals surface area (Å²) < 4.78 is 5.58. The Labute approximate surface area is 161 Å². The van der Waals surface area contributed by atoms with E-state index in [-0.39, 0.29) is 36.2 Å². The van der Waals surface area contributed by atoms with Crippen molar-refractivity contribution < 1.29 is 14.3 Å². The fraction of sp³-hybridized carbons (Fsp3) is 0.579. The van der Waals surface area contributed by atoms with E-state index in [2.05, 4.69) is 10.6 Å². The van der Waals surface area contributed by atoms with Gasteiger partial charge in [-0.25, -0.2) is 0 Å². The van der Waals surface area contributed by atoms with E-state index in [4.69, 9.17) is 4.74 Å². The maximum Gasteiger partial charge on any atom is 0.225 e. The van der Waals surface area contributed by atoms with Crippen LogP contribution in [0.1, 0.15) is 25.7 Å². The van der Waals surface area contributed by atoms with Crippen LogP contribution in [0.2, 0.25) is 0 Å². The van der Waals surface area contributed by atoms with Gasteiger partial charge in [-0.15, -0.1) is 12.4 Å². The van der Waals surface area contributed by atoms with Gasteiger partial charge in [0.1, 0.15) is 5.75 Å². The number of ether oxygens (including phenoxy) is 1. The highest BCUT2D eigenvalue weighted by molar-refractivity contribution is 5.85. The second-order valence-corrected chi connectivity index (χ2v) is 6.76. The second-order valence-electron chi connectivity index (χ2n) is 6.76. The number of rotatable bonds is 6. The van der Waals surface area contributed by atoms with E-state index in [0.717, 1.165) is 38.1 Å². The van der Waals surface area contributed by atoms with Crippen LogP contribution in [-0.4, -0.2) is 55.5 Å². The van der Waals surface area contributed by atoms with Crippen LogP contribution in [0.4, 0.5) is 0 Å². The molecule has 1 unspecified atom stereocenters. The number of nitrogens with one attached hydrogen (secondary N) is 2. The van der Waals surface area contributed by atoms with Gasteiger partial charge in [0.15, 0.2) is 0 Å². The average Bonchev–Trinajstić information content (AvgIpc) is 3.15. The lowest BCUT2D eigenvalue weighted by molar-refractivity contribution is -0.136. The second kappa shape index (κ2) is 10.4. The lowest BCUT2D eigenvalue weighted by Gasteiger charge is -2.32. The molecule has 2 heterocycles. The van der Waals surface area contributed by atoms with Crippen LogP contribution >= 0.6 is 12.4 Å². The highest BCUT2D eigenvalue weighted by atomic mass is 35.5. The van der Waals surface area contributed by atoms with Crippen molar-refractivity contribution >= 4 is 24.2 Å². The third-order valence-corrected chi connectivity index (χ3v) is 4.95. The van der Waals surface area contributed by atoms with Crippen LogP contribution in [0.3, 0.4) is 0 Å². The minimum absolute atomic E-state index is 0. The van der Waals surface area contributed by atoms with Crippen LogP contribution < -0.4 is 15.4 Å². The summed E-state index contributed by atoms with van der Waals surface area (Å²) in [7, 11) is 0. The number of carbonyl (C=O) groups is 2. The molecule has 2 aliphatic heterocycles. The smallest absolute Gasteiger partial charge is 0.225 e. The summed E-state index contributed by atoms with van der Waals surface area (Å²) in [5, 5.41) is 6.37. The molecule has 0 aliphatic carbocycles. The molecule has 1 aromatic rings. The van der Waals surface area contributed by atoms with Crippen LogP contribution in [0.25, 0.3) is 0 Å². The van der Waals surface area contributed by atoms with Crippen molar-refractivity contribution in [3.05, 3.63) is 30.3 Å². The molecular formula is C19H28ClN3O3. The van der Waals surface area contributed by atoms with Gasteiger partial charge in [-0.05, 0) is 37.9 Å². The molecule has 2 fully saturated rings. The summed E-state index contributed by atoms with van der Waals surface area (Å²) in [4.78, 5) is 26.4. The first-order chi connectivity index (χ1) is 12.2. The molecule has 2 saturated heterocycles. The summed E-state index contributed by atoms with van der Waals surface area (Å²) in [5.74, 6) is 1.07. The number of hydrogen-bond donors (Lipinski definition) is 2. The lowest BCUT2D eigenvalue weighted by atomic mass is 9.95. The molecule has 2 aliphatic rings. The van der Waals surface area contributed by atoms with E-state index in [1.807, 2.05) is 35.2 Å². The molecule has 0 bridgehead atoms. The molecule has 6 nitrogen and oxygen atoms in total. The van der Waals surface area contributed by atoms with Crippen molar-refractivity contribution in [1.82, 2.24) is 15.5 Å². The number of hydrogen-bond acceptors (Lipinski definition) is 4. The monoisotopic (exact) mass is 381 g/mol. The average molecular weight is 382 g/mol. The maximum atomic E-state index is 12.3. The van der Waals surface area contributed by atoms with Crippen molar-refractivity contribution in [2.45, 2.75) is 31.7 Å². The number of piperidine rings is 1. The molecule has 144 valence electrons. The molecule has 1 aromatic carbocycles. The summed E-state index contributed by atoms with van der Waals surface area (Å²) in [6.45, 7) is 3.54. The first kappa shape index (κ1) is 20.5. The van der Waals surface area contributed by atoms with Crippen LogP contribution in [0, 0.1) is 5.92 Å². The molecule has 0 spiro atoms. The zero-order valence-electron chi connectivity index (χ0n) is 15.0. The highest BCUT2D eigenvalue weighted by Crippen LogP contribution is 2.19. The topological polar surface area (TPSA) is 70.7 Å². The molecule has 2 amide bonds. The Balaban J connectivity index is 0.00000243. The molecule has 3 rings (SSSR count). The first-order valence-electron chi connectivity index (χ1n) is 9.19.